The second-order valence-electron chi connectivity index (χ2n) is 7.00. The molecule has 0 saturated carbocycles. The largest absolute Gasteiger partial charge is 0.404 e. The van der Waals surface area contributed by atoms with E-state index in [-0.39, 0.29) is 0 Å². The van der Waals surface area contributed by atoms with Gasteiger partial charge >= 0.3 is 0 Å². The van der Waals surface area contributed by atoms with Crippen LogP contribution in [-0.2, 0) is 0 Å². The molecule has 2 fully saturated rings. The summed E-state index contributed by atoms with van der Waals surface area (Å²) < 4.78 is 0. The van der Waals surface area contributed by atoms with E-state index in [0.717, 1.165) is 46.2 Å². The maximum Gasteiger partial charge on any atom is 0.208 e. The predicted molar refractivity (Wildman–Crippen MR) is 108 cm³/mol. The predicted octanol–water partition coefficient (Wildman–Crippen LogP) is 2.81. The van der Waals surface area contributed by atoms with Gasteiger partial charge in [-0.2, -0.15) is 0 Å². The van der Waals surface area contributed by atoms with E-state index in [2.05, 4.69) is 27.0 Å². The lowest BCUT2D eigenvalue weighted by Crippen LogP contribution is -2.26. The fraction of sp³-hybridized carbons (Fsp3) is 0.389. The molecule has 4 rings (SSSR count). The van der Waals surface area contributed by atoms with Crippen LogP contribution < -0.4 is 10.6 Å². The highest BCUT2D eigenvalue weighted by molar-refractivity contribution is 7.18. The highest BCUT2D eigenvalue weighted by atomic mass is 35.5. The van der Waals surface area contributed by atoms with Crippen LogP contribution in [0, 0.1) is 17.2 Å². The van der Waals surface area contributed by atoms with Crippen molar-refractivity contribution in [3.8, 4) is 10.6 Å². The summed E-state index contributed by atoms with van der Waals surface area (Å²) in [6.07, 6.45) is 2.62. The zero-order chi connectivity index (χ0) is 18.3. The van der Waals surface area contributed by atoms with Gasteiger partial charge in [-0.1, -0.05) is 29.0 Å². The molecule has 1 aromatic heterocycles. The van der Waals surface area contributed by atoms with Gasteiger partial charge < -0.3 is 20.9 Å². The van der Waals surface area contributed by atoms with Crippen molar-refractivity contribution in [3.63, 3.8) is 0 Å². The monoisotopic (exact) mass is 388 g/mol. The molecule has 0 bridgehead atoms. The average molecular weight is 389 g/mol. The van der Waals surface area contributed by atoms with Crippen molar-refractivity contribution in [1.82, 2.24) is 15.1 Å². The molecule has 2 atom stereocenters. The van der Waals surface area contributed by atoms with Crippen LogP contribution in [0.4, 0.5) is 5.13 Å². The maximum atomic E-state index is 7.41. The Labute approximate surface area is 161 Å². The molecule has 8 heteroatoms. The first-order valence-electron chi connectivity index (χ1n) is 8.58. The number of anilines is 1. The summed E-state index contributed by atoms with van der Waals surface area (Å²) in [6, 6.07) is 5.64. The smallest absolute Gasteiger partial charge is 0.208 e. The Hall–Kier alpha value is -1.96. The van der Waals surface area contributed by atoms with Crippen LogP contribution in [0.2, 0.25) is 5.02 Å². The Morgan fingerprint density at radius 3 is 2.62 bits per heavy atom. The van der Waals surface area contributed by atoms with Crippen LogP contribution in [0.1, 0.15) is 5.56 Å². The number of hydrogen-bond acceptors (Lipinski definition) is 7. The molecule has 0 amide bonds. The Morgan fingerprint density at radius 2 is 2.00 bits per heavy atom. The summed E-state index contributed by atoms with van der Waals surface area (Å²) in [4.78, 5) is 4.77. The molecular formula is C18H21ClN6S. The van der Waals surface area contributed by atoms with Gasteiger partial charge in [0, 0.05) is 49.7 Å². The Kier molecular flexibility index (Phi) is 4.69. The Bertz CT molecular complexity index is 849. The molecule has 0 spiro atoms. The van der Waals surface area contributed by atoms with Gasteiger partial charge in [0.2, 0.25) is 5.13 Å². The van der Waals surface area contributed by atoms with Crippen molar-refractivity contribution in [2.24, 2.45) is 17.6 Å². The second kappa shape index (κ2) is 6.98. The number of hydrogen-bond donors (Lipinski definition) is 2. The highest BCUT2D eigenvalue weighted by Crippen LogP contribution is 2.38. The minimum Gasteiger partial charge on any atom is -0.404 e. The first-order chi connectivity index (χ1) is 12.6. The lowest BCUT2D eigenvalue weighted by Gasteiger charge is -2.17. The lowest BCUT2D eigenvalue weighted by atomic mass is 10.0. The fourth-order valence-corrected chi connectivity index (χ4v) is 5.16. The van der Waals surface area contributed by atoms with Crippen LogP contribution in [0.3, 0.4) is 0 Å². The summed E-state index contributed by atoms with van der Waals surface area (Å²) in [5.74, 6) is 1.47. The molecule has 2 aliphatic heterocycles. The normalized spacial score (nSPS) is 23.5. The first-order valence-corrected chi connectivity index (χ1v) is 9.78. The van der Waals surface area contributed by atoms with Gasteiger partial charge in [0.05, 0.1) is 5.02 Å². The van der Waals surface area contributed by atoms with Crippen LogP contribution in [-0.4, -0.2) is 54.5 Å². The van der Waals surface area contributed by atoms with E-state index in [4.69, 9.17) is 22.7 Å². The number of nitrogens with one attached hydrogen (secondary N) is 1. The summed E-state index contributed by atoms with van der Waals surface area (Å²) in [7, 11) is 2.20. The van der Waals surface area contributed by atoms with Crippen molar-refractivity contribution >= 4 is 39.9 Å². The molecule has 0 radical (unpaired) electrons. The Balaban J connectivity index is 1.54. The molecule has 2 aromatic rings. The van der Waals surface area contributed by atoms with Crippen LogP contribution in [0.25, 0.3) is 16.1 Å². The van der Waals surface area contributed by atoms with Crippen molar-refractivity contribution < 1.29 is 0 Å². The number of rotatable bonds is 4. The minimum absolute atomic E-state index is 0.589. The molecular weight excluding hydrogens is 368 g/mol. The van der Waals surface area contributed by atoms with Crippen LogP contribution in [0.15, 0.2) is 24.4 Å². The zero-order valence-electron chi connectivity index (χ0n) is 14.5. The third-order valence-corrected chi connectivity index (χ3v) is 6.55. The van der Waals surface area contributed by atoms with E-state index in [1.165, 1.54) is 25.5 Å². The van der Waals surface area contributed by atoms with Gasteiger partial charge in [-0.05, 0) is 36.6 Å². The van der Waals surface area contributed by atoms with Gasteiger partial charge in [0.15, 0.2) is 5.01 Å². The molecule has 0 unspecified atom stereocenters. The number of likely N-dealkylation sites (tertiary alicyclic amines) is 1. The molecule has 26 heavy (non-hydrogen) atoms. The summed E-state index contributed by atoms with van der Waals surface area (Å²) in [5, 5.41) is 18.6. The van der Waals surface area contributed by atoms with E-state index in [0.29, 0.717) is 10.6 Å². The number of benzene rings is 1. The molecule has 3 heterocycles. The quantitative estimate of drug-likeness (QED) is 0.787. The van der Waals surface area contributed by atoms with Crippen LogP contribution in [0.5, 0.6) is 0 Å². The molecule has 1 aromatic carbocycles. The van der Waals surface area contributed by atoms with E-state index in [9.17, 15) is 0 Å². The fourth-order valence-electron chi connectivity index (χ4n) is 3.93. The number of aromatic nitrogens is 2. The van der Waals surface area contributed by atoms with Crippen molar-refractivity contribution in [2.75, 3.05) is 38.1 Å². The van der Waals surface area contributed by atoms with Crippen molar-refractivity contribution in [3.05, 3.63) is 35.0 Å². The molecule has 2 aliphatic rings. The lowest BCUT2D eigenvalue weighted by molar-refractivity contribution is 0.387. The van der Waals surface area contributed by atoms with Crippen LogP contribution >= 0.6 is 22.9 Å². The summed E-state index contributed by atoms with van der Waals surface area (Å²) >= 11 is 8.05. The first kappa shape index (κ1) is 17.5. The highest BCUT2D eigenvalue weighted by Gasteiger charge is 2.39. The number of nitrogens with two attached hydrogens (primary N) is 1. The number of allylic oxidation sites excluding steroid dienone is 1. The van der Waals surface area contributed by atoms with Crippen molar-refractivity contribution in [2.45, 2.75) is 0 Å². The zero-order valence-corrected chi connectivity index (χ0v) is 16.1. The van der Waals surface area contributed by atoms with Gasteiger partial charge in [-0.3, -0.25) is 0 Å². The van der Waals surface area contributed by atoms with E-state index in [1.807, 2.05) is 18.2 Å². The molecule has 6 nitrogen and oxygen atoms in total. The van der Waals surface area contributed by atoms with Gasteiger partial charge in [-0.15, -0.1) is 10.2 Å². The maximum absolute atomic E-state index is 7.41. The summed E-state index contributed by atoms with van der Waals surface area (Å²) in [5.41, 5.74) is 7.86. The second-order valence-corrected chi connectivity index (χ2v) is 8.36. The molecule has 0 aliphatic carbocycles. The van der Waals surface area contributed by atoms with Gasteiger partial charge in [0.25, 0.3) is 0 Å². The van der Waals surface area contributed by atoms with E-state index < -0.39 is 0 Å². The molecule has 3 N–H and O–H groups in total. The SMILES string of the molecule is CN1C[C@@H]2CN(c3nnc(-c4ccc(/C(C=N)=C/N)cc4Cl)s3)C[C@@H]2C1. The summed E-state index contributed by atoms with van der Waals surface area (Å²) in [6.45, 7) is 4.45. The number of halogens is 1. The topological polar surface area (TPSA) is 82.1 Å². The molecule has 2 saturated heterocycles. The number of nitrogens with zero attached hydrogens (tertiary/aromatic N) is 4. The third-order valence-electron chi connectivity index (χ3n) is 5.22. The van der Waals surface area contributed by atoms with Gasteiger partial charge in [0.1, 0.15) is 0 Å². The van der Waals surface area contributed by atoms with E-state index >= 15 is 0 Å². The average Bonchev–Trinajstić information content (AvgIpc) is 3.30. The standard InChI is InChI=1S/C18H21ClN6S/c1-24-7-13-9-25(10-14(13)8-24)18-23-22-17(26-18)15-3-2-11(4-16(15)19)12(5-20)6-21/h2-6,13-14,20H,7-10,21H2,1H3/b12-6+,20-5?/t13-,14+. The van der Waals surface area contributed by atoms with E-state index in [1.54, 1.807) is 11.3 Å². The molecule has 136 valence electrons. The minimum atomic E-state index is 0.589. The van der Waals surface area contributed by atoms with Crippen molar-refractivity contribution in [1.29, 1.82) is 5.41 Å². The number of fused-ring (bicyclic) bond motifs is 1. The Morgan fingerprint density at radius 1 is 1.27 bits per heavy atom. The third kappa shape index (κ3) is 3.11. The van der Waals surface area contributed by atoms with Gasteiger partial charge in [-0.25, -0.2) is 0 Å².